The minimum atomic E-state index is -0.610. The van der Waals surface area contributed by atoms with Crippen LogP contribution in [0.4, 0.5) is 5.13 Å². The van der Waals surface area contributed by atoms with Gasteiger partial charge in [0.05, 0.1) is 0 Å². The minimum Gasteiger partial charge on any atom is -0.296 e. The normalized spacial score (nSPS) is 10.5. The van der Waals surface area contributed by atoms with Crippen molar-refractivity contribution < 1.29 is 14.4 Å². The molecule has 29 heavy (non-hydrogen) atoms. The van der Waals surface area contributed by atoms with E-state index in [4.69, 9.17) is 0 Å². The zero-order valence-corrected chi connectivity index (χ0v) is 17.4. The van der Waals surface area contributed by atoms with Crippen LogP contribution >= 0.6 is 23.1 Å². The highest BCUT2D eigenvalue weighted by atomic mass is 32.2. The van der Waals surface area contributed by atoms with E-state index in [2.05, 4.69) is 22.4 Å². The summed E-state index contributed by atoms with van der Waals surface area (Å²) in [6.45, 7) is 2.13. The van der Waals surface area contributed by atoms with Crippen LogP contribution in [-0.2, 0) is 0 Å². The Labute approximate surface area is 176 Å². The summed E-state index contributed by atoms with van der Waals surface area (Å²) in [4.78, 5) is 37.0. The summed E-state index contributed by atoms with van der Waals surface area (Å²) in [6.07, 6.45) is 2.22. The molecule has 0 saturated heterocycles. The van der Waals surface area contributed by atoms with Gasteiger partial charge in [-0.3, -0.25) is 19.7 Å². The topological polar surface area (TPSA) is 89.0 Å². The smallest absolute Gasteiger partial charge is 0.257 e. The van der Waals surface area contributed by atoms with Crippen molar-refractivity contribution in [3.8, 4) is 0 Å². The average molecular weight is 426 g/mol. The number of nitrogens with one attached hydrogen (secondary N) is 1. The number of carbonyl (C=O) groups excluding carboxylic acids is 3. The molecule has 2 aromatic carbocycles. The number of hydrogen-bond donors (Lipinski definition) is 1. The molecule has 1 amide bonds. The van der Waals surface area contributed by atoms with E-state index < -0.39 is 11.6 Å². The Balaban J connectivity index is 1.61. The third kappa shape index (κ3) is 5.58. The zero-order chi connectivity index (χ0) is 20.6. The summed E-state index contributed by atoms with van der Waals surface area (Å²) in [7, 11) is 0. The molecule has 6 nitrogen and oxygen atoms in total. The number of benzene rings is 2. The Hall–Kier alpha value is -2.84. The third-order valence-electron chi connectivity index (χ3n) is 4.00. The number of rotatable bonds is 9. The summed E-state index contributed by atoms with van der Waals surface area (Å²) in [5.74, 6) is -0.568. The quantitative estimate of drug-likeness (QED) is 0.175. The van der Waals surface area contributed by atoms with Crippen molar-refractivity contribution in [2.24, 2.45) is 0 Å². The first-order chi connectivity index (χ1) is 14.1. The summed E-state index contributed by atoms with van der Waals surface area (Å²) in [5.41, 5.74) is 0.938. The highest BCUT2D eigenvalue weighted by Gasteiger charge is 2.18. The fourth-order valence-corrected chi connectivity index (χ4v) is 4.32. The van der Waals surface area contributed by atoms with Gasteiger partial charge >= 0.3 is 0 Å². The molecule has 0 aliphatic rings. The van der Waals surface area contributed by atoms with Gasteiger partial charge in [-0.15, -0.1) is 10.2 Å². The van der Waals surface area contributed by atoms with Gasteiger partial charge < -0.3 is 0 Å². The number of ketones is 2. The van der Waals surface area contributed by atoms with Gasteiger partial charge in [0.25, 0.3) is 5.91 Å². The fourth-order valence-electron chi connectivity index (χ4n) is 2.42. The number of hydrogen-bond acceptors (Lipinski definition) is 7. The second-order valence-corrected chi connectivity index (χ2v) is 8.45. The number of unbranched alkanes of at least 4 members (excludes halogenated alkanes) is 1. The van der Waals surface area contributed by atoms with Crippen molar-refractivity contribution in [3.05, 3.63) is 71.3 Å². The summed E-state index contributed by atoms with van der Waals surface area (Å²) in [6, 6.07) is 14.4. The lowest BCUT2D eigenvalue weighted by Crippen LogP contribution is -2.15. The molecule has 1 heterocycles. The molecular formula is C21H19N3O3S2. The van der Waals surface area contributed by atoms with Gasteiger partial charge in [0.15, 0.2) is 4.34 Å². The van der Waals surface area contributed by atoms with E-state index in [1.165, 1.54) is 35.6 Å². The standard InChI is InChI=1S/C21H19N3O3S2/c1-2-3-13-28-21-24-23-20(29-21)22-19(27)16-11-9-15(10-12-16)18(26)17(25)14-7-5-4-6-8-14/h4-12H,2-3,13H2,1H3,(H,22,23,27). The molecule has 0 radical (unpaired) electrons. The lowest BCUT2D eigenvalue weighted by atomic mass is 10.0. The largest absolute Gasteiger partial charge is 0.296 e. The predicted molar refractivity (Wildman–Crippen MR) is 115 cm³/mol. The van der Waals surface area contributed by atoms with Crippen molar-refractivity contribution in [1.82, 2.24) is 10.2 Å². The minimum absolute atomic E-state index is 0.237. The van der Waals surface area contributed by atoms with E-state index in [0.717, 1.165) is 22.9 Å². The van der Waals surface area contributed by atoms with Crippen LogP contribution in [0.1, 0.15) is 50.8 Å². The predicted octanol–water partition coefficient (Wildman–Crippen LogP) is 4.75. The lowest BCUT2D eigenvalue weighted by Gasteiger charge is -2.04. The van der Waals surface area contributed by atoms with E-state index in [0.29, 0.717) is 16.3 Å². The molecule has 0 aliphatic carbocycles. The Kier molecular flexibility index (Phi) is 7.26. The van der Waals surface area contributed by atoms with E-state index >= 15 is 0 Å². The monoisotopic (exact) mass is 425 g/mol. The maximum Gasteiger partial charge on any atom is 0.257 e. The van der Waals surface area contributed by atoms with Gasteiger partial charge in [-0.1, -0.05) is 78.9 Å². The van der Waals surface area contributed by atoms with E-state index in [-0.39, 0.29) is 11.5 Å². The number of Topliss-reactive ketones (excluding diaryl/α,β-unsaturated/α-hetero) is 2. The van der Waals surface area contributed by atoms with Crippen LogP contribution in [0, 0.1) is 0 Å². The molecule has 3 aromatic rings. The molecule has 1 N–H and O–H groups in total. The number of nitrogens with zero attached hydrogens (tertiary/aromatic N) is 2. The van der Waals surface area contributed by atoms with Crippen molar-refractivity contribution in [2.45, 2.75) is 24.1 Å². The highest BCUT2D eigenvalue weighted by Crippen LogP contribution is 2.26. The van der Waals surface area contributed by atoms with Gasteiger partial charge in [0.1, 0.15) is 0 Å². The van der Waals surface area contributed by atoms with Crippen LogP contribution in [0.15, 0.2) is 58.9 Å². The SMILES string of the molecule is CCCCSc1nnc(NC(=O)c2ccc(C(=O)C(=O)c3ccccc3)cc2)s1. The molecule has 8 heteroatoms. The first kappa shape index (κ1) is 20.9. The van der Waals surface area contributed by atoms with Crippen LogP contribution in [0.25, 0.3) is 0 Å². The van der Waals surface area contributed by atoms with E-state index in [1.807, 2.05) is 0 Å². The maximum atomic E-state index is 12.4. The van der Waals surface area contributed by atoms with Crippen LogP contribution in [0.2, 0.25) is 0 Å². The number of thioether (sulfide) groups is 1. The highest BCUT2D eigenvalue weighted by molar-refractivity contribution is 8.01. The Morgan fingerprint density at radius 2 is 1.52 bits per heavy atom. The van der Waals surface area contributed by atoms with Gasteiger partial charge in [-0.25, -0.2) is 0 Å². The molecule has 0 fully saturated rings. The van der Waals surface area contributed by atoms with Crippen molar-refractivity contribution in [2.75, 3.05) is 11.1 Å². The first-order valence-electron chi connectivity index (χ1n) is 9.10. The second-order valence-electron chi connectivity index (χ2n) is 6.13. The average Bonchev–Trinajstić information content (AvgIpc) is 3.20. The van der Waals surface area contributed by atoms with Gasteiger partial charge in [0, 0.05) is 22.4 Å². The Bertz CT molecular complexity index is 1000. The third-order valence-corrected chi connectivity index (χ3v) is 6.06. The van der Waals surface area contributed by atoms with Crippen molar-refractivity contribution in [1.29, 1.82) is 0 Å². The molecule has 148 valence electrons. The molecular weight excluding hydrogens is 406 g/mol. The number of amides is 1. The van der Waals surface area contributed by atoms with Crippen LogP contribution in [0.5, 0.6) is 0 Å². The Morgan fingerprint density at radius 3 is 2.17 bits per heavy atom. The number of anilines is 1. The van der Waals surface area contributed by atoms with Crippen LogP contribution in [0.3, 0.4) is 0 Å². The van der Waals surface area contributed by atoms with E-state index in [9.17, 15) is 14.4 Å². The summed E-state index contributed by atoms with van der Waals surface area (Å²) in [5, 5.41) is 11.2. The summed E-state index contributed by atoms with van der Waals surface area (Å²) >= 11 is 2.94. The van der Waals surface area contributed by atoms with Crippen molar-refractivity contribution in [3.63, 3.8) is 0 Å². The number of carbonyl (C=O) groups is 3. The van der Waals surface area contributed by atoms with Crippen molar-refractivity contribution >= 4 is 45.7 Å². The van der Waals surface area contributed by atoms with Gasteiger partial charge in [-0.05, 0) is 18.6 Å². The van der Waals surface area contributed by atoms with Gasteiger partial charge in [0.2, 0.25) is 16.7 Å². The molecule has 0 saturated carbocycles. The number of aromatic nitrogens is 2. The maximum absolute atomic E-state index is 12.4. The Morgan fingerprint density at radius 1 is 0.897 bits per heavy atom. The molecule has 0 unspecified atom stereocenters. The van der Waals surface area contributed by atoms with E-state index in [1.54, 1.807) is 42.1 Å². The first-order valence-corrected chi connectivity index (χ1v) is 10.9. The van der Waals surface area contributed by atoms with Crippen LogP contribution < -0.4 is 5.32 Å². The van der Waals surface area contributed by atoms with Gasteiger partial charge in [-0.2, -0.15) is 0 Å². The fraction of sp³-hybridized carbons (Fsp3) is 0.190. The lowest BCUT2D eigenvalue weighted by molar-refractivity contribution is 0.0817. The summed E-state index contributed by atoms with van der Waals surface area (Å²) < 4.78 is 0.814. The molecule has 0 spiro atoms. The molecule has 0 aliphatic heterocycles. The van der Waals surface area contributed by atoms with Crippen LogP contribution in [-0.4, -0.2) is 33.4 Å². The molecule has 3 rings (SSSR count). The molecule has 1 aromatic heterocycles. The second kappa shape index (κ2) is 10.1. The zero-order valence-electron chi connectivity index (χ0n) is 15.8. The molecule has 0 bridgehead atoms. The molecule has 0 atom stereocenters.